The highest BCUT2D eigenvalue weighted by atomic mass is 16.5. The number of ether oxygens (including phenoxy) is 2. The zero-order chi connectivity index (χ0) is 19.9. The van der Waals surface area contributed by atoms with Gasteiger partial charge in [0.15, 0.2) is 5.96 Å². The van der Waals surface area contributed by atoms with Crippen molar-refractivity contribution in [2.45, 2.75) is 19.3 Å². The van der Waals surface area contributed by atoms with Crippen molar-refractivity contribution < 1.29 is 9.47 Å². The smallest absolute Gasteiger partial charge is 0.193 e. The van der Waals surface area contributed by atoms with Crippen molar-refractivity contribution in [1.82, 2.24) is 10.2 Å². The molecule has 2 aromatic carbocycles. The Morgan fingerprint density at radius 2 is 1.64 bits per heavy atom. The van der Waals surface area contributed by atoms with Gasteiger partial charge in [-0.2, -0.15) is 0 Å². The van der Waals surface area contributed by atoms with Gasteiger partial charge in [-0.1, -0.05) is 48.5 Å². The number of hydrogen-bond donors (Lipinski definition) is 1. The zero-order valence-electron chi connectivity index (χ0n) is 17.1. The van der Waals surface area contributed by atoms with E-state index in [1.807, 2.05) is 50.5 Å². The third-order valence-electron chi connectivity index (χ3n) is 4.39. The third-order valence-corrected chi connectivity index (χ3v) is 4.39. The van der Waals surface area contributed by atoms with Gasteiger partial charge in [0.05, 0.1) is 13.2 Å². The average Bonchev–Trinajstić information content (AvgIpc) is 2.74. The van der Waals surface area contributed by atoms with Crippen LogP contribution in [0.2, 0.25) is 0 Å². The molecule has 28 heavy (non-hydrogen) atoms. The largest absolute Gasteiger partial charge is 0.492 e. The molecule has 0 aromatic heterocycles. The molecule has 0 aliphatic carbocycles. The number of unbranched alkanes of at least 4 members (excludes halogenated alkanes) is 1. The molecule has 0 fully saturated rings. The first-order chi connectivity index (χ1) is 13.8. The van der Waals surface area contributed by atoms with E-state index in [4.69, 9.17) is 9.47 Å². The highest BCUT2D eigenvalue weighted by Gasteiger charge is 2.05. The lowest BCUT2D eigenvalue weighted by Gasteiger charge is -2.22. The number of likely N-dealkylation sites (N-methyl/N-ethyl adjacent to an activating group) is 1. The molecular weight excluding hydrogens is 350 g/mol. The first kappa shape index (κ1) is 21.8. The summed E-state index contributed by atoms with van der Waals surface area (Å²) in [6.07, 6.45) is 3.07. The summed E-state index contributed by atoms with van der Waals surface area (Å²) in [4.78, 5) is 6.42. The minimum atomic E-state index is 0.621. The van der Waals surface area contributed by atoms with Gasteiger partial charge in [-0.15, -0.1) is 0 Å². The van der Waals surface area contributed by atoms with E-state index in [-0.39, 0.29) is 0 Å². The van der Waals surface area contributed by atoms with Crippen LogP contribution < -0.4 is 10.1 Å². The van der Waals surface area contributed by atoms with Crippen LogP contribution in [-0.4, -0.2) is 57.9 Å². The Kier molecular flexibility index (Phi) is 10.6. The Bertz CT molecular complexity index is 662. The minimum Gasteiger partial charge on any atom is -0.492 e. The first-order valence-electron chi connectivity index (χ1n) is 10.0. The van der Waals surface area contributed by atoms with Gasteiger partial charge in [0, 0.05) is 27.2 Å². The molecule has 5 nitrogen and oxygen atoms in total. The van der Waals surface area contributed by atoms with E-state index in [0.29, 0.717) is 6.61 Å². The number of hydrogen-bond acceptors (Lipinski definition) is 3. The Balaban J connectivity index is 1.49. The number of rotatable bonds is 12. The Morgan fingerprint density at radius 1 is 0.929 bits per heavy atom. The maximum Gasteiger partial charge on any atom is 0.193 e. The predicted molar refractivity (Wildman–Crippen MR) is 116 cm³/mol. The summed E-state index contributed by atoms with van der Waals surface area (Å²) in [5.41, 5.74) is 1.33. The molecule has 0 spiro atoms. The molecule has 0 aliphatic rings. The van der Waals surface area contributed by atoms with Gasteiger partial charge in [0.1, 0.15) is 12.4 Å². The van der Waals surface area contributed by atoms with Gasteiger partial charge in [0.25, 0.3) is 0 Å². The summed E-state index contributed by atoms with van der Waals surface area (Å²) < 4.78 is 11.5. The van der Waals surface area contributed by atoms with E-state index in [2.05, 4.69) is 39.5 Å². The molecule has 0 radical (unpaired) electrons. The molecule has 0 amide bonds. The zero-order valence-corrected chi connectivity index (χ0v) is 17.1. The number of nitrogens with zero attached hydrogens (tertiary/aromatic N) is 2. The Labute approximate surface area is 169 Å². The van der Waals surface area contributed by atoms with Crippen LogP contribution in [0.25, 0.3) is 0 Å². The van der Waals surface area contributed by atoms with Crippen LogP contribution in [0.15, 0.2) is 65.7 Å². The van der Waals surface area contributed by atoms with Gasteiger partial charge in [-0.3, -0.25) is 4.99 Å². The SMILES string of the molecule is CN=C(NCCCCOCCc1ccccc1)N(C)CCOc1ccccc1. The number of nitrogens with one attached hydrogen (secondary N) is 1. The van der Waals surface area contributed by atoms with Crippen molar-refractivity contribution in [1.29, 1.82) is 0 Å². The third kappa shape index (κ3) is 8.91. The summed E-state index contributed by atoms with van der Waals surface area (Å²) in [6.45, 7) is 3.86. The molecular formula is C23H33N3O2. The summed E-state index contributed by atoms with van der Waals surface area (Å²) in [6, 6.07) is 20.3. The number of benzene rings is 2. The van der Waals surface area contributed by atoms with E-state index in [9.17, 15) is 0 Å². The van der Waals surface area contributed by atoms with Crippen molar-refractivity contribution in [3.05, 3.63) is 66.2 Å². The molecule has 0 saturated carbocycles. The van der Waals surface area contributed by atoms with Crippen LogP contribution in [0.5, 0.6) is 5.75 Å². The maximum atomic E-state index is 5.74. The predicted octanol–water partition coefficient (Wildman–Crippen LogP) is 3.61. The topological polar surface area (TPSA) is 46.1 Å². The van der Waals surface area contributed by atoms with Gasteiger partial charge >= 0.3 is 0 Å². The fourth-order valence-corrected chi connectivity index (χ4v) is 2.77. The van der Waals surface area contributed by atoms with E-state index >= 15 is 0 Å². The maximum absolute atomic E-state index is 5.74. The minimum absolute atomic E-state index is 0.621. The van der Waals surface area contributed by atoms with Crippen LogP contribution >= 0.6 is 0 Å². The lowest BCUT2D eigenvalue weighted by atomic mass is 10.2. The molecule has 2 rings (SSSR count). The first-order valence-corrected chi connectivity index (χ1v) is 10.0. The molecule has 0 saturated heterocycles. The van der Waals surface area contributed by atoms with Crippen LogP contribution in [0, 0.1) is 0 Å². The molecule has 0 heterocycles. The molecule has 152 valence electrons. The van der Waals surface area contributed by atoms with Crippen molar-refractivity contribution in [2.75, 3.05) is 47.0 Å². The van der Waals surface area contributed by atoms with Crippen LogP contribution in [0.3, 0.4) is 0 Å². The van der Waals surface area contributed by atoms with Crippen molar-refractivity contribution in [2.24, 2.45) is 4.99 Å². The second-order valence-electron chi connectivity index (χ2n) is 6.61. The highest BCUT2D eigenvalue weighted by molar-refractivity contribution is 5.79. The Hall–Kier alpha value is -2.53. The van der Waals surface area contributed by atoms with E-state index < -0.39 is 0 Å². The molecule has 0 bridgehead atoms. The highest BCUT2D eigenvalue weighted by Crippen LogP contribution is 2.07. The summed E-state index contributed by atoms with van der Waals surface area (Å²) >= 11 is 0. The summed E-state index contributed by atoms with van der Waals surface area (Å²) in [7, 11) is 3.83. The number of para-hydroxylation sites is 1. The average molecular weight is 384 g/mol. The van der Waals surface area contributed by atoms with Gasteiger partial charge in [0.2, 0.25) is 0 Å². The molecule has 0 aliphatic heterocycles. The fourth-order valence-electron chi connectivity index (χ4n) is 2.77. The Morgan fingerprint density at radius 3 is 2.36 bits per heavy atom. The van der Waals surface area contributed by atoms with E-state index in [0.717, 1.165) is 57.3 Å². The monoisotopic (exact) mass is 383 g/mol. The van der Waals surface area contributed by atoms with Crippen molar-refractivity contribution in [3.63, 3.8) is 0 Å². The van der Waals surface area contributed by atoms with Crippen LogP contribution in [0.1, 0.15) is 18.4 Å². The normalized spacial score (nSPS) is 11.3. The second-order valence-corrected chi connectivity index (χ2v) is 6.61. The summed E-state index contributed by atoms with van der Waals surface area (Å²) in [5.74, 6) is 1.78. The lowest BCUT2D eigenvalue weighted by molar-refractivity contribution is 0.133. The number of aliphatic imine (C=N–C) groups is 1. The lowest BCUT2D eigenvalue weighted by Crippen LogP contribution is -2.41. The van der Waals surface area contributed by atoms with Crippen LogP contribution in [0.4, 0.5) is 0 Å². The fraction of sp³-hybridized carbons (Fsp3) is 0.435. The molecule has 0 atom stereocenters. The van der Waals surface area contributed by atoms with Gasteiger partial charge in [-0.25, -0.2) is 0 Å². The summed E-state index contributed by atoms with van der Waals surface area (Å²) in [5, 5.41) is 3.40. The van der Waals surface area contributed by atoms with Crippen molar-refractivity contribution in [3.8, 4) is 5.75 Å². The van der Waals surface area contributed by atoms with Crippen LogP contribution in [-0.2, 0) is 11.2 Å². The van der Waals surface area contributed by atoms with E-state index in [1.165, 1.54) is 5.56 Å². The number of guanidine groups is 1. The van der Waals surface area contributed by atoms with Gasteiger partial charge in [-0.05, 0) is 37.0 Å². The second kappa shape index (κ2) is 13.6. The standard InChI is InChI=1S/C23H33N3O2/c1-24-23(26(2)17-20-28-22-13-7-4-8-14-22)25-16-9-10-18-27-19-15-21-11-5-3-6-12-21/h3-8,11-14H,9-10,15-20H2,1-2H3,(H,24,25). The quantitative estimate of drug-likeness (QED) is 0.345. The molecule has 0 unspecified atom stereocenters. The van der Waals surface area contributed by atoms with E-state index in [1.54, 1.807) is 0 Å². The molecule has 1 N–H and O–H groups in total. The van der Waals surface area contributed by atoms with Gasteiger partial charge < -0.3 is 19.7 Å². The molecule has 2 aromatic rings. The molecule has 5 heteroatoms. The van der Waals surface area contributed by atoms with Crippen molar-refractivity contribution >= 4 is 5.96 Å².